The monoisotopic (exact) mass is 146 g/mol. The molecule has 0 fully saturated rings. The fourth-order valence-corrected chi connectivity index (χ4v) is 1.27. The van der Waals surface area contributed by atoms with E-state index in [1.54, 1.807) is 6.26 Å². The molecule has 1 aliphatic heterocycles. The van der Waals surface area contributed by atoms with Gasteiger partial charge in [-0.25, -0.2) is 0 Å². The maximum Gasteiger partial charge on any atom is 0.0977 e. The highest BCUT2D eigenvalue weighted by molar-refractivity contribution is 5.24. The topological polar surface area (TPSA) is 9.23 Å². The summed E-state index contributed by atoms with van der Waals surface area (Å²) < 4.78 is 5.13. The summed E-state index contributed by atoms with van der Waals surface area (Å²) in [5.41, 5.74) is 1.33. The minimum absolute atomic E-state index is 0.469. The molecular weight excluding hydrogens is 136 g/mol. The average Bonchev–Trinajstić information content (AvgIpc) is 2.58. The van der Waals surface area contributed by atoms with Crippen molar-refractivity contribution in [3.05, 3.63) is 48.2 Å². The lowest BCUT2D eigenvalue weighted by Gasteiger charge is -2.04. The Morgan fingerprint density at radius 1 is 1.18 bits per heavy atom. The van der Waals surface area contributed by atoms with Gasteiger partial charge in [0.15, 0.2) is 0 Å². The normalized spacial score (nSPS) is 21.6. The number of hydrogen-bond donors (Lipinski definition) is 0. The van der Waals surface area contributed by atoms with Crippen LogP contribution in [0.1, 0.15) is 11.5 Å². The molecule has 1 unspecified atom stereocenters. The summed E-state index contributed by atoms with van der Waals surface area (Å²) in [6.45, 7) is 0.796. The van der Waals surface area contributed by atoms with E-state index in [9.17, 15) is 0 Å². The van der Waals surface area contributed by atoms with Crippen LogP contribution in [0.5, 0.6) is 0 Å². The molecule has 0 aliphatic carbocycles. The molecule has 0 bridgehead atoms. The highest BCUT2D eigenvalue weighted by Crippen LogP contribution is 2.21. The third-order valence-electron chi connectivity index (χ3n) is 1.91. The van der Waals surface area contributed by atoms with Crippen molar-refractivity contribution in [2.24, 2.45) is 0 Å². The van der Waals surface area contributed by atoms with Crippen LogP contribution in [-0.4, -0.2) is 6.61 Å². The summed E-state index contributed by atoms with van der Waals surface area (Å²) in [4.78, 5) is 0. The first-order valence-electron chi connectivity index (χ1n) is 3.80. The summed E-state index contributed by atoms with van der Waals surface area (Å²) in [5.74, 6) is 0.469. The Labute approximate surface area is 66.3 Å². The van der Waals surface area contributed by atoms with Crippen molar-refractivity contribution in [2.75, 3.05) is 6.61 Å². The van der Waals surface area contributed by atoms with Gasteiger partial charge in [-0.05, 0) is 11.6 Å². The van der Waals surface area contributed by atoms with Gasteiger partial charge >= 0.3 is 0 Å². The van der Waals surface area contributed by atoms with E-state index in [1.165, 1.54) is 5.56 Å². The predicted molar refractivity (Wildman–Crippen MR) is 44.3 cm³/mol. The number of ether oxygens (including phenoxy) is 1. The van der Waals surface area contributed by atoms with Gasteiger partial charge in [-0.3, -0.25) is 0 Å². The molecule has 1 aromatic carbocycles. The molecule has 56 valence electrons. The first-order valence-corrected chi connectivity index (χ1v) is 3.80. The molecule has 0 aromatic heterocycles. The standard InChI is InChI=1S/C10H10O/c1-2-4-9(5-3-1)10-6-7-11-8-10/h1-7,10H,8H2. The quantitative estimate of drug-likeness (QED) is 0.590. The van der Waals surface area contributed by atoms with Crippen LogP contribution in [0.3, 0.4) is 0 Å². The van der Waals surface area contributed by atoms with E-state index in [1.807, 2.05) is 6.07 Å². The second-order valence-corrected chi connectivity index (χ2v) is 2.68. The number of hydrogen-bond acceptors (Lipinski definition) is 1. The maximum absolute atomic E-state index is 5.13. The van der Waals surface area contributed by atoms with Crippen LogP contribution < -0.4 is 0 Å². The van der Waals surface area contributed by atoms with Gasteiger partial charge in [0, 0.05) is 5.92 Å². The van der Waals surface area contributed by atoms with Crippen LogP contribution in [0, 0.1) is 0 Å². The van der Waals surface area contributed by atoms with E-state index in [0.29, 0.717) is 5.92 Å². The van der Waals surface area contributed by atoms with Crippen LogP contribution >= 0.6 is 0 Å². The second kappa shape index (κ2) is 2.79. The van der Waals surface area contributed by atoms with Gasteiger partial charge in [0.1, 0.15) is 0 Å². The zero-order valence-corrected chi connectivity index (χ0v) is 6.23. The Morgan fingerprint density at radius 2 is 2.00 bits per heavy atom. The second-order valence-electron chi connectivity index (χ2n) is 2.68. The smallest absolute Gasteiger partial charge is 0.0977 e. The molecule has 1 heterocycles. The van der Waals surface area contributed by atoms with Gasteiger partial charge < -0.3 is 4.74 Å². The van der Waals surface area contributed by atoms with Gasteiger partial charge in [-0.1, -0.05) is 30.3 Å². The van der Waals surface area contributed by atoms with Crippen LogP contribution in [0.25, 0.3) is 0 Å². The van der Waals surface area contributed by atoms with Gasteiger partial charge in [0.2, 0.25) is 0 Å². The average molecular weight is 146 g/mol. The fraction of sp³-hybridized carbons (Fsp3) is 0.200. The molecular formula is C10H10O. The molecule has 0 amide bonds. The highest BCUT2D eigenvalue weighted by Gasteiger charge is 2.11. The van der Waals surface area contributed by atoms with Crippen molar-refractivity contribution in [1.82, 2.24) is 0 Å². The molecule has 0 radical (unpaired) electrons. The summed E-state index contributed by atoms with van der Waals surface area (Å²) in [6.07, 6.45) is 3.87. The Morgan fingerprint density at radius 3 is 2.64 bits per heavy atom. The zero-order chi connectivity index (χ0) is 7.52. The summed E-state index contributed by atoms with van der Waals surface area (Å²) in [5, 5.41) is 0. The molecule has 1 aliphatic rings. The molecule has 11 heavy (non-hydrogen) atoms. The van der Waals surface area contributed by atoms with Crippen molar-refractivity contribution in [2.45, 2.75) is 5.92 Å². The number of rotatable bonds is 1. The lowest BCUT2D eigenvalue weighted by molar-refractivity contribution is 0.269. The van der Waals surface area contributed by atoms with Gasteiger partial charge in [-0.2, -0.15) is 0 Å². The van der Waals surface area contributed by atoms with Gasteiger partial charge in [0.25, 0.3) is 0 Å². The molecule has 0 saturated heterocycles. The van der Waals surface area contributed by atoms with E-state index in [0.717, 1.165) is 6.61 Å². The molecule has 1 nitrogen and oxygen atoms in total. The summed E-state index contributed by atoms with van der Waals surface area (Å²) >= 11 is 0. The Balaban J connectivity index is 2.23. The summed E-state index contributed by atoms with van der Waals surface area (Å²) in [6, 6.07) is 10.4. The maximum atomic E-state index is 5.13. The Kier molecular flexibility index (Phi) is 1.64. The highest BCUT2D eigenvalue weighted by atomic mass is 16.5. The van der Waals surface area contributed by atoms with Gasteiger partial charge in [0.05, 0.1) is 12.9 Å². The van der Waals surface area contributed by atoms with E-state index < -0.39 is 0 Å². The SMILES string of the molecule is C1=CC(c2ccccc2)CO1. The van der Waals surface area contributed by atoms with E-state index in [4.69, 9.17) is 4.74 Å². The fourth-order valence-electron chi connectivity index (χ4n) is 1.27. The minimum atomic E-state index is 0.469. The molecule has 0 saturated carbocycles. The third-order valence-corrected chi connectivity index (χ3v) is 1.91. The molecule has 1 aromatic rings. The third kappa shape index (κ3) is 1.27. The van der Waals surface area contributed by atoms with Crippen molar-refractivity contribution in [3.8, 4) is 0 Å². The molecule has 1 heteroatoms. The molecule has 2 rings (SSSR count). The Hall–Kier alpha value is -1.24. The predicted octanol–water partition coefficient (Wildman–Crippen LogP) is 2.31. The van der Waals surface area contributed by atoms with E-state index in [2.05, 4.69) is 30.3 Å². The molecule has 1 atom stereocenters. The van der Waals surface area contributed by atoms with Crippen molar-refractivity contribution < 1.29 is 4.74 Å². The lowest BCUT2D eigenvalue weighted by Crippen LogP contribution is -1.95. The largest absolute Gasteiger partial charge is 0.501 e. The number of benzene rings is 1. The molecule has 0 N–H and O–H groups in total. The first-order chi connectivity index (χ1) is 5.47. The van der Waals surface area contributed by atoms with Crippen LogP contribution in [0.15, 0.2) is 42.7 Å². The van der Waals surface area contributed by atoms with Crippen LogP contribution in [0.4, 0.5) is 0 Å². The van der Waals surface area contributed by atoms with Crippen molar-refractivity contribution in [3.63, 3.8) is 0 Å². The zero-order valence-electron chi connectivity index (χ0n) is 6.23. The molecule has 0 spiro atoms. The van der Waals surface area contributed by atoms with E-state index in [-0.39, 0.29) is 0 Å². The Bertz CT molecular complexity index is 251. The van der Waals surface area contributed by atoms with Crippen LogP contribution in [-0.2, 0) is 4.74 Å². The van der Waals surface area contributed by atoms with E-state index >= 15 is 0 Å². The summed E-state index contributed by atoms with van der Waals surface area (Å²) in [7, 11) is 0. The van der Waals surface area contributed by atoms with Crippen molar-refractivity contribution >= 4 is 0 Å². The minimum Gasteiger partial charge on any atom is -0.501 e. The van der Waals surface area contributed by atoms with Crippen molar-refractivity contribution in [1.29, 1.82) is 0 Å². The van der Waals surface area contributed by atoms with Crippen LogP contribution in [0.2, 0.25) is 0 Å². The first kappa shape index (κ1) is 6.47. The lowest BCUT2D eigenvalue weighted by atomic mass is 10.0. The van der Waals surface area contributed by atoms with Gasteiger partial charge in [-0.15, -0.1) is 0 Å².